The fourth-order valence-electron chi connectivity index (χ4n) is 4.36. The molecule has 2 aromatic carbocycles. The van der Waals surface area contributed by atoms with Crippen molar-refractivity contribution in [1.82, 2.24) is 0 Å². The number of ether oxygens (including phenoxy) is 12. The van der Waals surface area contributed by atoms with Crippen molar-refractivity contribution in [3.8, 4) is 28.7 Å². The maximum atomic E-state index is 6.07. The zero-order chi connectivity index (χ0) is 31.0. The Hall–Kier alpha value is -2.84. The first kappa shape index (κ1) is 35.0. The summed E-state index contributed by atoms with van der Waals surface area (Å²) in [6, 6.07) is 11.6. The Bertz CT molecular complexity index is 1050. The summed E-state index contributed by atoms with van der Waals surface area (Å²) in [4.78, 5) is 0. The molecule has 4 rings (SSSR count). The van der Waals surface area contributed by atoms with Gasteiger partial charge in [-0.25, -0.2) is 0 Å². The van der Waals surface area contributed by atoms with Gasteiger partial charge in [0.1, 0.15) is 32.2 Å². The highest BCUT2D eigenvalue weighted by molar-refractivity contribution is 5.46. The van der Waals surface area contributed by atoms with Crippen LogP contribution in [0.2, 0.25) is 0 Å². The molecule has 0 unspecified atom stereocenters. The Kier molecular flexibility index (Phi) is 17.6. The summed E-state index contributed by atoms with van der Waals surface area (Å²) in [5.41, 5.74) is 1.12. The van der Waals surface area contributed by atoms with Crippen molar-refractivity contribution in [3.63, 3.8) is 0 Å². The summed E-state index contributed by atoms with van der Waals surface area (Å²) in [7, 11) is 0. The summed E-state index contributed by atoms with van der Waals surface area (Å²) >= 11 is 0. The molecule has 0 aliphatic carbocycles. The minimum atomic E-state index is 0.392. The molecule has 45 heavy (non-hydrogen) atoms. The van der Waals surface area contributed by atoms with Gasteiger partial charge in [-0.15, -0.1) is 0 Å². The highest BCUT2D eigenvalue weighted by Gasteiger charge is 2.11. The molecule has 2 aromatic rings. The first-order chi connectivity index (χ1) is 22.4. The Balaban J connectivity index is 1.26. The van der Waals surface area contributed by atoms with Gasteiger partial charge >= 0.3 is 0 Å². The van der Waals surface area contributed by atoms with Crippen molar-refractivity contribution in [2.75, 3.05) is 126 Å². The number of aryl methyl sites for hydroxylation is 1. The van der Waals surface area contributed by atoms with Crippen LogP contribution in [-0.4, -0.2) is 126 Å². The van der Waals surface area contributed by atoms with Crippen LogP contribution in [0, 0.1) is 0 Å². The van der Waals surface area contributed by atoms with Crippen LogP contribution in [0.5, 0.6) is 28.7 Å². The van der Waals surface area contributed by atoms with E-state index in [1.54, 1.807) is 0 Å². The number of rotatable bonds is 5. The average molecular weight is 637 g/mol. The van der Waals surface area contributed by atoms with E-state index in [-0.39, 0.29) is 0 Å². The lowest BCUT2D eigenvalue weighted by Crippen LogP contribution is -2.16. The van der Waals surface area contributed by atoms with Crippen molar-refractivity contribution in [2.45, 2.75) is 12.8 Å². The van der Waals surface area contributed by atoms with E-state index >= 15 is 0 Å². The van der Waals surface area contributed by atoms with Crippen molar-refractivity contribution in [1.29, 1.82) is 0 Å². The zero-order valence-electron chi connectivity index (χ0n) is 26.2. The van der Waals surface area contributed by atoms with Crippen LogP contribution in [0.3, 0.4) is 0 Å². The molecular formula is C33H48O12. The molecule has 2 heterocycles. The van der Waals surface area contributed by atoms with E-state index in [1.165, 1.54) is 0 Å². The third kappa shape index (κ3) is 14.9. The van der Waals surface area contributed by atoms with E-state index in [2.05, 4.69) is 0 Å². The predicted octanol–water partition coefficient (Wildman–Crippen LogP) is 3.36. The Labute approximate surface area is 266 Å². The van der Waals surface area contributed by atoms with Crippen LogP contribution >= 0.6 is 0 Å². The maximum Gasteiger partial charge on any atom is 0.164 e. The summed E-state index contributed by atoms with van der Waals surface area (Å²) < 4.78 is 68.7. The lowest BCUT2D eigenvalue weighted by molar-refractivity contribution is -0.00842. The van der Waals surface area contributed by atoms with Crippen LogP contribution in [0.15, 0.2) is 36.4 Å². The predicted molar refractivity (Wildman–Crippen MR) is 164 cm³/mol. The molecule has 0 amide bonds. The molecule has 12 heteroatoms. The highest BCUT2D eigenvalue weighted by Crippen LogP contribution is 2.32. The van der Waals surface area contributed by atoms with Gasteiger partial charge in [0.2, 0.25) is 0 Å². The number of benzene rings is 2. The van der Waals surface area contributed by atoms with Gasteiger partial charge < -0.3 is 56.8 Å². The van der Waals surface area contributed by atoms with E-state index in [9.17, 15) is 0 Å². The third-order valence-corrected chi connectivity index (χ3v) is 6.60. The fraction of sp³-hybridized carbons (Fsp3) is 0.636. The minimum Gasteiger partial charge on any atom is -0.493 e. The van der Waals surface area contributed by atoms with Gasteiger partial charge in [-0.2, -0.15) is 0 Å². The van der Waals surface area contributed by atoms with Gasteiger partial charge in [0, 0.05) is 6.07 Å². The molecule has 0 saturated carbocycles. The molecule has 0 bridgehead atoms. The van der Waals surface area contributed by atoms with E-state index in [0.717, 1.165) is 18.4 Å². The third-order valence-electron chi connectivity index (χ3n) is 6.60. The molecule has 0 saturated heterocycles. The summed E-state index contributed by atoms with van der Waals surface area (Å²) in [5, 5.41) is 0. The lowest BCUT2D eigenvalue weighted by Gasteiger charge is -2.16. The first-order valence-electron chi connectivity index (χ1n) is 15.8. The first-order valence-corrected chi connectivity index (χ1v) is 15.8. The molecule has 0 N–H and O–H groups in total. The smallest absolute Gasteiger partial charge is 0.164 e. The summed E-state index contributed by atoms with van der Waals surface area (Å²) in [6.45, 7) is 9.15. The van der Waals surface area contributed by atoms with E-state index in [4.69, 9.17) is 56.8 Å². The molecule has 12 nitrogen and oxygen atoms in total. The Morgan fingerprint density at radius 1 is 0.400 bits per heavy atom. The van der Waals surface area contributed by atoms with Gasteiger partial charge in [0.25, 0.3) is 0 Å². The Morgan fingerprint density at radius 2 is 0.778 bits per heavy atom. The van der Waals surface area contributed by atoms with E-state index in [0.29, 0.717) is 154 Å². The summed E-state index contributed by atoms with van der Waals surface area (Å²) in [6.07, 6.45) is 1.61. The Morgan fingerprint density at radius 3 is 1.24 bits per heavy atom. The molecule has 2 aliphatic heterocycles. The SMILES string of the molecule is c1cc2c(cc1CCCOc1ccc3c(c1)OCCOCCOCCOCCO3)OCCOCCOCCOCCOCCO2. The molecular weight excluding hydrogens is 588 g/mol. The summed E-state index contributed by atoms with van der Waals surface area (Å²) in [5.74, 6) is 3.31. The second kappa shape index (κ2) is 22.6. The highest BCUT2D eigenvalue weighted by atomic mass is 16.6. The van der Waals surface area contributed by atoms with Gasteiger partial charge in [-0.05, 0) is 42.7 Å². The normalized spacial score (nSPS) is 19.2. The van der Waals surface area contributed by atoms with Crippen LogP contribution < -0.4 is 23.7 Å². The zero-order valence-corrected chi connectivity index (χ0v) is 26.2. The van der Waals surface area contributed by atoms with Crippen molar-refractivity contribution in [3.05, 3.63) is 42.0 Å². The molecule has 2 aliphatic rings. The van der Waals surface area contributed by atoms with Gasteiger partial charge in [0.05, 0.1) is 99.1 Å². The second-order valence-electron chi connectivity index (χ2n) is 10.0. The van der Waals surface area contributed by atoms with Crippen molar-refractivity contribution >= 4 is 0 Å². The monoisotopic (exact) mass is 636 g/mol. The largest absolute Gasteiger partial charge is 0.493 e. The molecule has 0 radical (unpaired) electrons. The molecule has 0 spiro atoms. The van der Waals surface area contributed by atoms with E-state index in [1.807, 2.05) is 36.4 Å². The second-order valence-corrected chi connectivity index (χ2v) is 10.0. The van der Waals surface area contributed by atoms with Gasteiger partial charge in [-0.3, -0.25) is 0 Å². The average Bonchev–Trinajstić information content (AvgIpc) is 3.06. The van der Waals surface area contributed by atoms with Crippen molar-refractivity contribution in [2.24, 2.45) is 0 Å². The van der Waals surface area contributed by atoms with Crippen LogP contribution in [-0.2, 0) is 39.6 Å². The topological polar surface area (TPSA) is 111 Å². The number of hydrogen-bond acceptors (Lipinski definition) is 12. The van der Waals surface area contributed by atoms with Crippen LogP contribution in [0.1, 0.15) is 12.0 Å². The fourth-order valence-corrected chi connectivity index (χ4v) is 4.36. The lowest BCUT2D eigenvalue weighted by atomic mass is 10.1. The molecule has 0 aromatic heterocycles. The quantitative estimate of drug-likeness (QED) is 0.449. The minimum absolute atomic E-state index is 0.392. The van der Waals surface area contributed by atoms with Crippen LogP contribution in [0.25, 0.3) is 0 Å². The number of hydrogen-bond donors (Lipinski definition) is 0. The maximum absolute atomic E-state index is 6.07. The molecule has 0 fully saturated rings. The van der Waals surface area contributed by atoms with Crippen molar-refractivity contribution < 1.29 is 56.8 Å². The molecule has 0 atom stereocenters. The van der Waals surface area contributed by atoms with E-state index < -0.39 is 0 Å². The van der Waals surface area contributed by atoms with Gasteiger partial charge in [-0.1, -0.05) is 6.07 Å². The van der Waals surface area contributed by atoms with Crippen LogP contribution in [0.4, 0.5) is 0 Å². The standard InChI is InChI=1S/C33H48O12/c1(7-41-29-4-6-31-33(27-29)45-25-21-40-17-13-36-11-15-38-19-23-43-31)2-28-3-5-30-32(26-28)44-24-20-39-16-12-35-9-8-34-10-14-37-18-22-42-30/h3-6,26-27H,1-2,7-25H2. The molecule has 252 valence electrons. The van der Waals surface area contributed by atoms with Gasteiger partial charge in [0.15, 0.2) is 23.0 Å². The number of fused-ring (bicyclic) bond motifs is 2.